The minimum absolute atomic E-state index is 0.0994. The molecule has 2 N–H and O–H groups in total. The van der Waals surface area contributed by atoms with Gasteiger partial charge in [0.15, 0.2) is 0 Å². The molecule has 0 spiro atoms. The van der Waals surface area contributed by atoms with Crippen LogP contribution in [0.5, 0.6) is 0 Å². The summed E-state index contributed by atoms with van der Waals surface area (Å²) in [5, 5.41) is 20.5. The van der Waals surface area contributed by atoms with Gasteiger partial charge < -0.3 is 10.2 Å². The van der Waals surface area contributed by atoms with Crippen molar-refractivity contribution < 1.29 is 10.2 Å². The molecule has 3 saturated carbocycles. The Morgan fingerprint density at radius 2 is 1.76 bits per heavy atom. The van der Waals surface area contributed by atoms with Gasteiger partial charge in [-0.25, -0.2) is 0 Å². The molecule has 0 heterocycles. The summed E-state index contributed by atoms with van der Waals surface area (Å²) in [6.07, 6.45) is 14.4. The van der Waals surface area contributed by atoms with Crippen molar-refractivity contribution in [2.24, 2.45) is 46.3 Å². The van der Waals surface area contributed by atoms with Gasteiger partial charge in [-0.3, -0.25) is 0 Å². The molecule has 2 nitrogen and oxygen atoms in total. The van der Waals surface area contributed by atoms with Gasteiger partial charge in [-0.15, -0.1) is 0 Å². The summed E-state index contributed by atoms with van der Waals surface area (Å²) in [6.45, 7) is 11.9. The van der Waals surface area contributed by atoms with Crippen LogP contribution in [-0.4, -0.2) is 22.4 Å². The van der Waals surface area contributed by atoms with Crippen molar-refractivity contribution in [1.82, 2.24) is 0 Å². The number of hydrogen-bond donors (Lipinski definition) is 2. The highest BCUT2D eigenvalue weighted by atomic mass is 16.3. The van der Waals surface area contributed by atoms with Crippen LogP contribution in [0.1, 0.15) is 98.8 Å². The number of hydrogen-bond acceptors (Lipinski definition) is 2. The minimum atomic E-state index is -0.137. The van der Waals surface area contributed by atoms with Crippen LogP contribution in [0.15, 0.2) is 11.6 Å². The van der Waals surface area contributed by atoms with E-state index in [-0.39, 0.29) is 12.2 Å². The molecule has 0 aromatic heterocycles. The van der Waals surface area contributed by atoms with Crippen LogP contribution in [-0.2, 0) is 0 Å². The molecule has 3 unspecified atom stereocenters. The van der Waals surface area contributed by atoms with Crippen molar-refractivity contribution in [3.05, 3.63) is 11.6 Å². The van der Waals surface area contributed by atoms with E-state index in [1.54, 1.807) is 5.57 Å². The van der Waals surface area contributed by atoms with Crippen LogP contribution in [0.2, 0.25) is 0 Å². The van der Waals surface area contributed by atoms with Crippen LogP contribution in [0.3, 0.4) is 0 Å². The normalized spacial score (nSPS) is 46.5. The van der Waals surface area contributed by atoms with E-state index in [0.29, 0.717) is 16.7 Å². The second kappa shape index (κ2) is 7.97. The first-order chi connectivity index (χ1) is 13.7. The molecular formula is C27H46O2. The molecule has 0 aromatic rings. The minimum Gasteiger partial charge on any atom is -0.393 e. The predicted molar refractivity (Wildman–Crippen MR) is 120 cm³/mol. The Balaban J connectivity index is 1.49. The molecule has 9 atom stereocenters. The Kier molecular flexibility index (Phi) is 6.01. The number of rotatable bonds is 5. The summed E-state index contributed by atoms with van der Waals surface area (Å²) in [7, 11) is 0. The SMILES string of the molecule is CC(C)[C@@H](O)CC[C@@H](C)[C@H]1CCC2C3CC=C4C[C@@H](O)CC[C@]4(C)C3CC[C@@]21C. The highest BCUT2D eigenvalue weighted by molar-refractivity contribution is 5.25. The Morgan fingerprint density at radius 3 is 2.48 bits per heavy atom. The quantitative estimate of drug-likeness (QED) is 0.525. The zero-order valence-electron chi connectivity index (χ0n) is 19.7. The van der Waals surface area contributed by atoms with E-state index in [9.17, 15) is 10.2 Å². The maximum Gasteiger partial charge on any atom is 0.0577 e. The van der Waals surface area contributed by atoms with E-state index in [1.165, 1.54) is 44.9 Å². The lowest BCUT2D eigenvalue weighted by Gasteiger charge is -2.58. The molecule has 4 rings (SSSR count). The van der Waals surface area contributed by atoms with E-state index < -0.39 is 0 Å². The lowest BCUT2D eigenvalue weighted by atomic mass is 9.47. The van der Waals surface area contributed by atoms with E-state index in [1.807, 2.05) is 0 Å². The molecule has 0 aromatic carbocycles. The average Bonchev–Trinajstić information content (AvgIpc) is 3.03. The van der Waals surface area contributed by atoms with Crippen molar-refractivity contribution in [2.75, 3.05) is 0 Å². The molecule has 166 valence electrons. The van der Waals surface area contributed by atoms with Crippen LogP contribution in [0.4, 0.5) is 0 Å². The third-order valence-corrected chi connectivity index (χ3v) is 10.5. The first-order valence-corrected chi connectivity index (χ1v) is 12.7. The van der Waals surface area contributed by atoms with Gasteiger partial charge in [0.25, 0.3) is 0 Å². The maximum atomic E-state index is 10.3. The van der Waals surface area contributed by atoms with Crippen LogP contribution >= 0.6 is 0 Å². The fraction of sp³-hybridized carbons (Fsp3) is 0.926. The summed E-state index contributed by atoms with van der Waals surface area (Å²) in [4.78, 5) is 0. The number of fused-ring (bicyclic) bond motifs is 5. The van der Waals surface area contributed by atoms with Crippen molar-refractivity contribution in [1.29, 1.82) is 0 Å². The Morgan fingerprint density at radius 1 is 1.00 bits per heavy atom. The third-order valence-electron chi connectivity index (χ3n) is 10.5. The van der Waals surface area contributed by atoms with Gasteiger partial charge in [0.05, 0.1) is 12.2 Å². The van der Waals surface area contributed by atoms with E-state index in [0.717, 1.165) is 48.9 Å². The molecule has 2 heteroatoms. The molecule has 0 amide bonds. The Bertz CT molecular complexity index is 624. The molecule has 0 bridgehead atoms. The van der Waals surface area contributed by atoms with Crippen LogP contribution in [0, 0.1) is 46.3 Å². The van der Waals surface area contributed by atoms with Crippen LogP contribution < -0.4 is 0 Å². The van der Waals surface area contributed by atoms with Gasteiger partial charge in [0.2, 0.25) is 0 Å². The standard InChI is InChI=1S/C27H46O2/c1-17(2)25(29)11-6-18(3)22-9-10-23-21-8-7-19-16-20(28)12-14-26(19,4)24(21)13-15-27(22,23)5/h7,17-18,20-25,28-29H,6,8-16H2,1-5H3/t18-,20+,21?,22-,23?,24?,25+,26+,27-/m1/s1. The molecule has 0 saturated heterocycles. The summed E-state index contributed by atoms with van der Waals surface area (Å²) >= 11 is 0. The highest BCUT2D eigenvalue weighted by Crippen LogP contribution is 2.67. The Labute approximate surface area is 179 Å². The summed E-state index contributed by atoms with van der Waals surface area (Å²) < 4.78 is 0. The molecule has 0 aliphatic heterocycles. The summed E-state index contributed by atoms with van der Waals surface area (Å²) in [6, 6.07) is 0. The monoisotopic (exact) mass is 402 g/mol. The average molecular weight is 403 g/mol. The van der Waals surface area contributed by atoms with Crippen molar-refractivity contribution in [3.63, 3.8) is 0 Å². The lowest BCUT2D eigenvalue weighted by molar-refractivity contribution is -0.0579. The first kappa shape index (κ1) is 21.9. The smallest absolute Gasteiger partial charge is 0.0577 e. The van der Waals surface area contributed by atoms with Crippen LogP contribution in [0.25, 0.3) is 0 Å². The molecule has 0 radical (unpaired) electrons. The van der Waals surface area contributed by atoms with E-state index in [2.05, 4.69) is 40.7 Å². The second-order valence-corrected chi connectivity index (χ2v) is 12.3. The second-order valence-electron chi connectivity index (χ2n) is 12.3. The molecule has 4 aliphatic rings. The van der Waals surface area contributed by atoms with Gasteiger partial charge in [0.1, 0.15) is 0 Å². The maximum absolute atomic E-state index is 10.3. The molecule has 3 fully saturated rings. The van der Waals surface area contributed by atoms with Gasteiger partial charge in [-0.05, 0) is 111 Å². The number of aliphatic hydroxyl groups is 2. The van der Waals surface area contributed by atoms with E-state index >= 15 is 0 Å². The van der Waals surface area contributed by atoms with Crippen molar-refractivity contribution >= 4 is 0 Å². The summed E-state index contributed by atoms with van der Waals surface area (Å²) in [5.41, 5.74) is 2.44. The Hall–Kier alpha value is -0.340. The van der Waals surface area contributed by atoms with Gasteiger partial charge in [-0.1, -0.05) is 46.3 Å². The molecular weight excluding hydrogens is 356 g/mol. The van der Waals surface area contributed by atoms with E-state index in [4.69, 9.17) is 0 Å². The first-order valence-electron chi connectivity index (χ1n) is 12.7. The topological polar surface area (TPSA) is 40.5 Å². The number of allylic oxidation sites excluding steroid dienone is 1. The lowest BCUT2D eigenvalue weighted by Crippen LogP contribution is -2.50. The summed E-state index contributed by atoms with van der Waals surface area (Å²) in [5.74, 6) is 4.51. The third kappa shape index (κ3) is 3.65. The highest BCUT2D eigenvalue weighted by Gasteiger charge is 2.59. The fourth-order valence-corrected chi connectivity index (χ4v) is 8.59. The van der Waals surface area contributed by atoms with Crippen molar-refractivity contribution in [2.45, 2.75) is 111 Å². The fourth-order valence-electron chi connectivity index (χ4n) is 8.59. The largest absolute Gasteiger partial charge is 0.393 e. The van der Waals surface area contributed by atoms with Gasteiger partial charge >= 0.3 is 0 Å². The molecule has 29 heavy (non-hydrogen) atoms. The zero-order valence-corrected chi connectivity index (χ0v) is 19.7. The van der Waals surface area contributed by atoms with Gasteiger partial charge in [0, 0.05) is 0 Å². The predicted octanol–water partition coefficient (Wildman–Crippen LogP) is 6.36. The number of aliphatic hydroxyl groups excluding tert-OH is 2. The molecule has 4 aliphatic carbocycles. The van der Waals surface area contributed by atoms with Crippen molar-refractivity contribution in [3.8, 4) is 0 Å². The van der Waals surface area contributed by atoms with Gasteiger partial charge in [-0.2, -0.15) is 0 Å². The zero-order chi connectivity index (χ0) is 21.0.